The molecule has 3 aromatic rings. The Balaban J connectivity index is 2.15. The number of benzene rings is 1. The Morgan fingerprint density at radius 2 is 1.78 bits per heavy atom. The third kappa shape index (κ3) is 4.26. The molecule has 2 heterocycles. The number of aliphatic hydroxyl groups is 1. The minimum atomic E-state index is -3.33. The van der Waals surface area contributed by atoms with Gasteiger partial charge in [-0.25, -0.2) is 23.4 Å². The normalized spacial score (nSPS) is 11.5. The standard InChI is InChI=1S/C18H18N4O4S/c1-27(25,26)16-6-4-15(5-7-16)22-11-14(3-2-8-23)21-17(18(22)24)13-9-19-12-20-10-13/h4-7,9-12,23H,2-3,8H2,1H3. The highest BCUT2D eigenvalue weighted by molar-refractivity contribution is 7.90. The second-order valence-electron chi connectivity index (χ2n) is 5.98. The summed E-state index contributed by atoms with van der Waals surface area (Å²) in [5, 5.41) is 9.09. The first-order chi connectivity index (χ1) is 12.9. The lowest BCUT2D eigenvalue weighted by Crippen LogP contribution is -2.23. The zero-order valence-electron chi connectivity index (χ0n) is 14.6. The quantitative estimate of drug-likeness (QED) is 0.672. The summed E-state index contributed by atoms with van der Waals surface area (Å²) in [7, 11) is -3.33. The van der Waals surface area contributed by atoms with E-state index in [1.165, 1.54) is 35.4 Å². The number of nitrogens with zero attached hydrogens (tertiary/aromatic N) is 4. The van der Waals surface area contributed by atoms with E-state index in [0.717, 1.165) is 6.26 Å². The molecule has 0 saturated heterocycles. The van der Waals surface area contributed by atoms with E-state index in [4.69, 9.17) is 5.11 Å². The first-order valence-corrected chi connectivity index (χ1v) is 10.1. The highest BCUT2D eigenvalue weighted by Gasteiger charge is 2.14. The van der Waals surface area contributed by atoms with E-state index >= 15 is 0 Å². The molecule has 0 spiro atoms. The van der Waals surface area contributed by atoms with Gasteiger partial charge < -0.3 is 5.11 Å². The van der Waals surface area contributed by atoms with E-state index in [0.29, 0.717) is 29.8 Å². The summed E-state index contributed by atoms with van der Waals surface area (Å²) in [6.07, 6.45) is 8.08. The summed E-state index contributed by atoms with van der Waals surface area (Å²) in [6, 6.07) is 6.05. The van der Waals surface area contributed by atoms with Gasteiger partial charge in [-0.15, -0.1) is 0 Å². The van der Waals surface area contributed by atoms with Crippen molar-refractivity contribution < 1.29 is 13.5 Å². The molecule has 8 nitrogen and oxygen atoms in total. The third-order valence-electron chi connectivity index (χ3n) is 3.92. The molecular weight excluding hydrogens is 368 g/mol. The Morgan fingerprint density at radius 1 is 1.11 bits per heavy atom. The second kappa shape index (κ2) is 7.77. The van der Waals surface area contributed by atoms with Crippen LogP contribution in [-0.4, -0.2) is 45.9 Å². The summed E-state index contributed by atoms with van der Waals surface area (Å²) >= 11 is 0. The average Bonchev–Trinajstić information content (AvgIpc) is 2.67. The smallest absolute Gasteiger partial charge is 0.281 e. The summed E-state index contributed by atoms with van der Waals surface area (Å²) in [6.45, 7) is 0.00758. The minimum Gasteiger partial charge on any atom is -0.396 e. The van der Waals surface area contributed by atoms with Crippen molar-refractivity contribution in [3.8, 4) is 16.9 Å². The van der Waals surface area contributed by atoms with Gasteiger partial charge in [-0.3, -0.25) is 9.36 Å². The highest BCUT2D eigenvalue weighted by Crippen LogP contribution is 2.16. The molecule has 0 aliphatic heterocycles. The molecule has 9 heteroatoms. The maximum atomic E-state index is 13.0. The number of aliphatic hydroxyl groups excluding tert-OH is 1. The summed E-state index contributed by atoms with van der Waals surface area (Å²) < 4.78 is 24.7. The molecule has 1 aromatic carbocycles. The van der Waals surface area contributed by atoms with Gasteiger partial charge in [-0.1, -0.05) is 0 Å². The molecule has 140 valence electrons. The fourth-order valence-electron chi connectivity index (χ4n) is 2.58. The van der Waals surface area contributed by atoms with E-state index in [9.17, 15) is 13.2 Å². The van der Waals surface area contributed by atoms with Crippen LogP contribution in [0.1, 0.15) is 12.1 Å². The van der Waals surface area contributed by atoms with Crippen LogP contribution in [0.4, 0.5) is 0 Å². The van der Waals surface area contributed by atoms with Crippen LogP contribution in [0.5, 0.6) is 0 Å². The molecule has 0 unspecified atom stereocenters. The molecule has 3 rings (SSSR count). The van der Waals surface area contributed by atoms with Crippen molar-refractivity contribution >= 4 is 9.84 Å². The average molecular weight is 386 g/mol. The second-order valence-corrected chi connectivity index (χ2v) is 7.99. The lowest BCUT2D eigenvalue weighted by Gasteiger charge is -2.11. The molecular formula is C18H18N4O4S. The van der Waals surface area contributed by atoms with Gasteiger partial charge in [0.1, 0.15) is 12.0 Å². The Labute approximate surface area is 156 Å². The Morgan fingerprint density at radius 3 is 2.37 bits per heavy atom. The summed E-state index contributed by atoms with van der Waals surface area (Å²) in [5.41, 5.74) is 1.44. The number of hydrogen-bond donors (Lipinski definition) is 1. The van der Waals surface area contributed by atoms with Gasteiger partial charge in [-0.05, 0) is 37.1 Å². The predicted molar refractivity (Wildman–Crippen MR) is 99.4 cm³/mol. The highest BCUT2D eigenvalue weighted by atomic mass is 32.2. The summed E-state index contributed by atoms with van der Waals surface area (Å²) in [4.78, 5) is 25.4. The first kappa shape index (κ1) is 18.9. The van der Waals surface area contributed by atoms with Gasteiger partial charge in [0.25, 0.3) is 5.56 Å². The molecule has 1 N–H and O–H groups in total. The van der Waals surface area contributed by atoms with Crippen molar-refractivity contribution in [2.75, 3.05) is 12.9 Å². The SMILES string of the molecule is CS(=O)(=O)c1ccc(-n2cc(CCCO)nc(-c3cncnc3)c2=O)cc1. The molecule has 0 aliphatic rings. The number of sulfone groups is 1. The van der Waals surface area contributed by atoms with E-state index in [1.807, 2.05) is 0 Å². The zero-order chi connectivity index (χ0) is 19.4. The van der Waals surface area contributed by atoms with Gasteiger partial charge in [0.15, 0.2) is 9.84 Å². The van der Waals surface area contributed by atoms with Crippen molar-refractivity contribution in [1.29, 1.82) is 0 Å². The molecule has 0 amide bonds. The first-order valence-electron chi connectivity index (χ1n) is 8.19. The largest absolute Gasteiger partial charge is 0.396 e. The van der Waals surface area contributed by atoms with Crippen molar-refractivity contribution in [3.63, 3.8) is 0 Å². The van der Waals surface area contributed by atoms with Crippen LogP contribution in [0.3, 0.4) is 0 Å². The summed E-state index contributed by atoms with van der Waals surface area (Å²) in [5.74, 6) is 0. The van der Waals surface area contributed by atoms with E-state index < -0.39 is 9.84 Å². The number of aromatic nitrogens is 4. The van der Waals surface area contributed by atoms with E-state index in [-0.39, 0.29) is 22.8 Å². The van der Waals surface area contributed by atoms with Crippen LogP contribution in [0.25, 0.3) is 16.9 Å². The van der Waals surface area contributed by atoms with Crippen LogP contribution in [0, 0.1) is 0 Å². The van der Waals surface area contributed by atoms with Gasteiger partial charge in [0, 0.05) is 42.7 Å². The lowest BCUT2D eigenvalue weighted by atomic mass is 10.2. The fraction of sp³-hybridized carbons (Fsp3) is 0.222. The third-order valence-corrected chi connectivity index (χ3v) is 5.05. The van der Waals surface area contributed by atoms with E-state index in [2.05, 4.69) is 15.0 Å². The van der Waals surface area contributed by atoms with Gasteiger partial charge in [-0.2, -0.15) is 0 Å². The molecule has 0 bridgehead atoms. The molecule has 0 saturated carbocycles. The molecule has 27 heavy (non-hydrogen) atoms. The Hall–Kier alpha value is -2.91. The van der Waals surface area contributed by atoms with Crippen molar-refractivity contribution in [3.05, 3.63) is 65.2 Å². The maximum Gasteiger partial charge on any atom is 0.281 e. The minimum absolute atomic E-state index is 0.00758. The van der Waals surface area contributed by atoms with Crippen LogP contribution < -0.4 is 5.56 Å². The van der Waals surface area contributed by atoms with Crippen molar-refractivity contribution in [2.45, 2.75) is 17.7 Å². The maximum absolute atomic E-state index is 13.0. The Kier molecular flexibility index (Phi) is 5.43. The number of aryl methyl sites for hydroxylation is 1. The fourth-order valence-corrected chi connectivity index (χ4v) is 3.21. The molecule has 0 aliphatic carbocycles. The van der Waals surface area contributed by atoms with Crippen LogP contribution in [-0.2, 0) is 16.3 Å². The number of hydrogen-bond acceptors (Lipinski definition) is 7. The molecule has 0 fully saturated rings. The zero-order valence-corrected chi connectivity index (χ0v) is 15.4. The lowest BCUT2D eigenvalue weighted by molar-refractivity contribution is 0.288. The topological polar surface area (TPSA) is 115 Å². The molecule has 0 atom stereocenters. The van der Waals surface area contributed by atoms with Gasteiger partial charge in [0.05, 0.1) is 10.6 Å². The Bertz CT molecular complexity index is 1090. The van der Waals surface area contributed by atoms with E-state index in [1.54, 1.807) is 18.3 Å². The molecule has 2 aromatic heterocycles. The van der Waals surface area contributed by atoms with Gasteiger partial charge in [0.2, 0.25) is 0 Å². The number of rotatable bonds is 6. The monoisotopic (exact) mass is 386 g/mol. The molecule has 0 radical (unpaired) electrons. The van der Waals surface area contributed by atoms with Crippen LogP contribution in [0.2, 0.25) is 0 Å². The van der Waals surface area contributed by atoms with Crippen LogP contribution >= 0.6 is 0 Å². The predicted octanol–water partition coefficient (Wildman–Crippen LogP) is 1.02. The van der Waals surface area contributed by atoms with Crippen molar-refractivity contribution in [2.24, 2.45) is 0 Å². The van der Waals surface area contributed by atoms with Gasteiger partial charge >= 0.3 is 0 Å². The van der Waals surface area contributed by atoms with Crippen LogP contribution in [0.15, 0.2) is 58.9 Å². The van der Waals surface area contributed by atoms with Crippen molar-refractivity contribution in [1.82, 2.24) is 19.5 Å².